The molecule has 1 heterocycles. The van der Waals surface area contributed by atoms with Gasteiger partial charge in [-0.05, 0) is 41.5 Å². The highest BCUT2D eigenvalue weighted by molar-refractivity contribution is 8.25. The largest absolute Gasteiger partial charge is 0.532 e. The molecule has 0 aromatic rings. The fraction of sp³-hybridized carbons (Fsp3) is 1.00. The molecule has 0 atom stereocenters. The predicted molar refractivity (Wildman–Crippen MR) is 58.8 cm³/mol. The molecule has 0 spiro atoms. The van der Waals surface area contributed by atoms with Gasteiger partial charge in [-0.25, -0.2) is 0 Å². The molecule has 0 aromatic heterocycles. The summed E-state index contributed by atoms with van der Waals surface area (Å²) < 4.78 is 11.6. The zero-order valence-electron chi connectivity index (χ0n) is 9.38. The molecular weight excluding hydrogens is 183 g/mol. The maximum atomic E-state index is 5.82. The first-order valence-electron chi connectivity index (χ1n) is 4.76. The van der Waals surface area contributed by atoms with Crippen LogP contribution >= 0.6 is 11.6 Å². The fourth-order valence-electron chi connectivity index (χ4n) is 1.07. The summed E-state index contributed by atoms with van der Waals surface area (Å²) in [6, 6.07) is 0. The summed E-state index contributed by atoms with van der Waals surface area (Å²) in [5.74, 6) is 0. The normalized spacial score (nSPS) is 25.6. The molecule has 0 saturated carbocycles. The Bertz CT molecular complexity index is 176. The van der Waals surface area contributed by atoms with Crippen molar-refractivity contribution >= 4 is 18.0 Å². The first kappa shape index (κ1) is 11.4. The molecule has 1 aliphatic rings. The second kappa shape index (κ2) is 3.48. The van der Waals surface area contributed by atoms with E-state index in [1.807, 2.05) is 13.8 Å². The Balaban J connectivity index is 2.60. The van der Waals surface area contributed by atoms with Gasteiger partial charge in [-0.3, -0.25) is 0 Å². The van der Waals surface area contributed by atoms with Gasteiger partial charge >= 0.3 is 6.40 Å². The summed E-state index contributed by atoms with van der Waals surface area (Å²) in [6.07, 6.45) is 0.118. The summed E-state index contributed by atoms with van der Waals surface area (Å²) >= 11 is 1.76. The molecule has 1 aliphatic heterocycles. The van der Waals surface area contributed by atoms with Crippen LogP contribution in [0, 0.1) is 0 Å². The second-order valence-electron chi connectivity index (χ2n) is 4.73. The molecule has 76 valence electrons. The van der Waals surface area contributed by atoms with Crippen LogP contribution in [0.2, 0.25) is 0 Å². The summed E-state index contributed by atoms with van der Waals surface area (Å²) in [4.78, 5) is 0. The van der Waals surface area contributed by atoms with Crippen LogP contribution in [0.4, 0.5) is 0 Å². The molecular formula is C9H19BO2S. The summed E-state index contributed by atoms with van der Waals surface area (Å²) in [5.41, 5.74) is -0.114. The van der Waals surface area contributed by atoms with E-state index in [2.05, 4.69) is 27.7 Å². The van der Waals surface area contributed by atoms with E-state index in [1.165, 1.54) is 0 Å². The van der Waals surface area contributed by atoms with E-state index in [0.29, 0.717) is 0 Å². The predicted octanol–water partition coefficient (Wildman–Crippen LogP) is 2.72. The van der Waals surface area contributed by atoms with Crippen molar-refractivity contribution < 1.29 is 9.31 Å². The van der Waals surface area contributed by atoms with Crippen LogP contribution < -0.4 is 0 Å². The maximum absolute atomic E-state index is 5.82. The molecule has 4 heteroatoms. The molecule has 13 heavy (non-hydrogen) atoms. The Morgan fingerprint density at radius 2 is 1.77 bits per heavy atom. The third-order valence-electron chi connectivity index (χ3n) is 2.61. The lowest BCUT2D eigenvalue weighted by atomic mass is 9.93. The average Bonchev–Trinajstić information content (AvgIpc) is 1.98. The first-order chi connectivity index (χ1) is 5.74. The fourth-order valence-corrected chi connectivity index (χ4v) is 2.45. The summed E-state index contributed by atoms with van der Waals surface area (Å²) in [6.45, 7) is 12.7. The quantitative estimate of drug-likeness (QED) is 0.641. The van der Waals surface area contributed by atoms with E-state index in [4.69, 9.17) is 9.31 Å². The maximum Gasteiger partial charge on any atom is 0.532 e. The molecule has 0 amide bonds. The van der Waals surface area contributed by atoms with Gasteiger partial charge in [0.25, 0.3) is 0 Å². The Labute approximate surface area is 85.8 Å². The average molecular weight is 202 g/mol. The van der Waals surface area contributed by atoms with Crippen LogP contribution in [0.15, 0.2) is 0 Å². The minimum absolute atomic E-state index is 0.106. The van der Waals surface area contributed by atoms with Crippen molar-refractivity contribution in [2.24, 2.45) is 0 Å². The topological polar surface area (TPSA) is 18.5 Å². The van der Waals surface area contributed by atoms with Gasteiger partial charge in [-0.1, -0.05) is 0 Å². The lowest BCUT2D eigenvalue weighted by Crippen LogP contribution is -2.39. The van der Waals surface area contributed by atoms with Crippen molar-refractivity contribution in [3.63, 3.8) is 0 Å². The number of hydrogen-bond donors (Lipinski definition) is 0. The molecule has 0 unspecified atom stereocenters. The SMILES string of the molecule is CC(C)OB1OC(C)(C)C(C)(C)S1. The van der Waals surface area contributed by atoms with Gasteiger partial charge in [0.05, 0.1) is 5.60 Å². The molecule has 0 aromatic carbocycles. The highest BCUT2D eigenvalue weighted by Crippen LogP contribution is 2.47. The highest BCUT2D eigenvalue weighted by atomic mass is 32.2. The molecule has 1 saturated heterocycles. The van der Waals surface area contributed by atoms with Gasteiger partial charge in [0.2, 0.25) is 0 Å². The second-order valence-corrected chi connectivity index (χ2v) is 6.37. The first-order valence-corrected chi connectivity index (χ1v) is 5.64. The Morgan fingerprint density at radius 1 is 1.23 bits per heavy atom. The van der Waals surface area contributed by atoms with Gasteiger partial charge in [-0.2, -0.15) is 0 Å². The Morgan fingerprint density at radius 3 is 2.08 bits per heavy atom. The van der Waals surface area contributed by atoms with Crippen LogP contribution in [0.25, 0.3) is 0 Å². The van der Waals surface area contributed by atoms with Gasteiger partial charge in [-0.15, -0.1) is 11.6 Å². The molecule has 0 bridgehead atoms. The zero-order chi connectivity index (χ0) is 10.3. The van der Waals surface area contributed by atoms with Crippen LogP contribution in [0.3, 0.4) is 0 Å². The minimum atomic E-state index is -0.114. The Hall–Kier alpha value is 0.335. The highest BCUT2D eigenvalue weighted by Gasteiger charge is 2.52. The molecule has 0 N–H and O–H groups in total. The van der Waals surface area contributed by atoms with Gasteiger partial charge in [0.15, 0.2) is 0 Å². The van der Waals surface area contributed by atoms with Crippen molar-refractivity contribution in [1.82, 2.24) is 0 Å². The smallest absolute Gasteiger partial charge is 0.400 e. The van der Waals surface area contributed by atoms with E-state index < -0.39 is 0 Å². The zero-order valence-corrected chi connectivity index (χ0v) is 10.2. The molecule has 2 nitrogen and oxygen atoms in total. The van der Waals surface area contributed by atoms with E-state index in [9.17, 15) is 0 Å². The van der Waals surface area contributed by atoms with E-state index in [-0.39, 0.29) is 22.8 Å². The van der Waals surface area contributed by atoms with Gasteiger partial charge < -0.3 is 9.31 Å². The van der Waals surface area contributed by atoms with Crippen molar-refractivity contribution in [3.8, 4) is 0 Å². The Kier molecular flexibility index (Phi) is 3.06. The standard InChI is InChI=1S/C9H19BO2S/c1-7(2)11-10-12-8(3,4)9(5,6)13-10/h7H,1-6H3. The van der Waals surface area contributed by atoms with Crippen molar-refractivity contribution in [2.75, 3.05) is 0 Å². The van der Waals surface area contributed by atoms with Crippen LogP contribution in [0.1, 0.15) is 41.5 Å². The lowest BCUT2D eigenvalue weighted by molar-refractivity contribution is 0.0554. The minimum Gasteiger partial charge on any atom is -0.400 e. The third-order valence-corrected chi connectivity index (χ3v) is 4.10. The van der Waals surface area contributed by atoms with Crippen molar-refractivity contribution in [1.29, 1.82) is 0 Å². The lowest BCUT2D eigenvalue weighted by Gasteiger charge is -2.32. The van der Waals surface area contributed by atoms with Crippen molar-refractivity contribution in [3.05, 3.63) is 0 Å². The van der Waals surface area contributed by atoms with Crippen molar-refractivity contribution in [2.45, 2.75) is 58.0 Å². The van der Waals surface area contributed by atoms with Gasteiger partial charge in [0.1, 0.15) is 0 Å². The van der Waals surface area contributed by atoms with E-state index in [0.717, 1.165) is 0 Å². The van der Waals surface area contributed by atoms with E-state index in [1.54, 1.807) is 11.6 Å². The van der Waals surface area contributed by atoms with Gasteiger partial charge in [0, 0.05) is 10.9 Å². The molecule has 0 aliphatic carbocycles. The van der Waals surface area contributed by atoms with E-state index >= 15 is 0 Å². The number of hydrogen-bond acceptors (Lipinski definition) is 3. The monoisotopic (exact) mass is 202 g/mol. The van der Waals surface area contributed by atoms with Crippen LogP contribution in [-0.4, -0.2) is 22.8 Å². The van der Waals surface area contributed by atoms with Crippen LogP contribution in [-0.2, 0) is 9.31 Å². The summed E-state index contributed by atoms with van der Waals surface area (Å²) in [7, 11) is 0. The molecule has 0 radical (unpaired) electrons. The summed E-state index contributed by atoms with van der Waals surface area (Å²) in [5, 5.41) is 0. The molecule has 1 fully saturated rings. The third kappa shape index (κ3) is 2.42. The van der Waals surface area contributed by atoms with Crippen LogP contribution in [0.5, 0.6) is 0 Å². The number of rotatable bonds is 2. The molecule has 1 rings (SSSR count).